The summed E-state index contributed by atoms with van der Waals surface area (Å²) in [7, 11) is 0. The summed E-state index contributed by atoms with van der Waals surface area (Å²) in [5, 5.41) is 0.854. The number of ether oxygens (including phenoxy) is 1. The Morgan fingerprint density at radius 3 is 2.47 bits per heavy atom. The van der Waals surface area contributed by atoms with Crippen LogP contribution in [0.2, 0.25) is 0 Å². The van der Waals surface area contributed by atoms with E-state index in [1.807, 2.05) is 85.8 Å². The lowest BCUT2D eigenvalue weighted by Gasteiger charge is -2.36. The molecule has 1 aromatic carbocycles. The van der Waals surface area contributed by atoms with E-state index in [0.29, 0.717) is 37.4 Å². The Hall–Kier alpha value is -3.81. The van der Waals surface area contributed by atoms with Crippen LogP contribution in [0.1, 0.15) is 26.5 Å². The summed E-state index contributed by atoms with van der Waals surface area (Å²) in [4.78, 5) is 33.3. The number of nitrogens with zero attached hydrogens (tertiary/aromatic N) is 4. The Kier molecular flexibility index (Phi) is 5.31. The molecule has 34 heavy (non-hydrogen) atoms. The molecule has 1 saturated heterocycles. The SMILES string of the molecule is Cc1cn2cc(-c3ccc4cc(N5CCN(C(=O)OC(C)(C)C)CC5)c(=O)oc4c3)ccc2n1. The molecule has 176 valence electrons. The highest BCUT2D eigenvalue weighted by Crippen LogP contribution is 2.27. The molecule has 8 nitrogen and oxygen atoms in total. The predicted octanol–water partition coefficient (Wildman–Crippen LogP) is 4.47. The van der Waals surface area contributed by atoms with Gasteiger partial charge in [-0.25, -0.2) is 14.6 Å². The van der Waals surface area contributed by atoms with Gasteiger partial charge in [-0.05, 0) is 63.1 Å². The normalized spacial score (nSPS) is 14.7. The third-order valence-corrected chi connectivity index (χ3v) is 5.89. The van der Waals surface area contributed by atoms with Gasteiger partial charge in [-0.1, -0.05) is 12.1 Å². The number of amides is 1. The zero-order valence-electron chi connectivity index (χ0n) is 19.9. The van der Waals surface area contributed by atoms with Crippen molar-refractivity contribution in [2.75, 3.05) is 31.1 Å². The van der Waals surface area contributed by atoms with Crippen LogP contribution in [-0.4, -0.2) is 52.2 Å². The van der Waals surface area contributed by atoms with Crippen molar-refractivity contribution >= 4 is 28.4 Å². The van der Waals surface area contributed by atoms with Crippen LogP contribution in [0.4, 0.5) is 10.5 Å². The molecule has 0 spiro atoms. The van der Waals surface area contributed by atoms with Crippen LogP contribution in [0.5, 0.6) is 0 Å². The van der Waals surface area contributed by atoms with Crippen LogP contribution in [0.25, 0.3) is 27.7 Å². The fourth-order valence-electron chi connectivity index (χ4n) is 4.25. The minimum absolute atomic E-state index is 0.325. The molecule has 0 aliphatic carbocycles. The smallest absolute Gasteiger partial charge is 0.410 e. The van der Waals surface area contributed by atoms with E-state index in [1.54, 1.807) is 4.90 Å². The number of rotatable bonds is 2. The van der Waals surface area contributed by atoms with Crippen molar-refractivity contribution in [1.29, 1.82) is 0 Å². The molecule has 0 bridgehead atoms. The molecule has 1 aliphatic rings. The molecule has 4 aromatic rings. The zero-order chi connectivity index (χ0) is 24.0. The van der Waals surface area contributed by atoms with Gasteiger partial charge >= 0.3 is 11.7 Å². The van der Waals surface area contributed by atoms with Gasteiger partial charge in [0.1, 0.15) is 22.5 Å². The van der Waals surface area contributed by atoms with Crippen molar-refractivity contribution < 1.29 is 13.9 Å². The molecule has 0 unspecified atom stereocenters. The third kappa shape index (κ3) is 4.35. The second kappa shape index (κ2) is 8.20. The molecule has 0 atom stereocenters. The van der Waals surface area contributed by atoms with Gasteiger partial charge < -0.3 is 23.4 Å². The zero-order valence-corrected chi connectivity index (χ0v) is 19.9. The maximum absolute atomic E-state index is 12.8. The number of pyridine rings is 1. The molecule has 3 aromatic heterocycles. The lowest BCUT2D eigenvalue weighted by molar-refractivity contribution is 0.0240. The Morgan fingerprint density at radius 2 is 1.74 bits per heavy atom. The van der Waals surface area contributed by atoms with Crippen LogP contribution < -0.4 is 10.5 Å². The molecule has 5 rings (SSSR count). The summed E-state index contributed by atoms with van der Waals surface area (Å²) in [5.41, 5.74) is 3.97. The number of anilines is 1. The van der Waals surface area contributed by atoms with Crippen LogP contribution in [-0.2, 0) is 4.74 Å². The second-order valence-corrected chi connectivity index (χ2v) is 9.69. The maximum Gasteiger partial charge on any atom is 0.410 e. The summed E-state index contributed by atoms with van der Waals surface area (Å²) in [6, 6.07) is 11.7. The third-order valence-electron chi connectivity index (χ3n) is 5.89. The predicted molar refractivity (Wildman–Crippen MR) is 131 cm³/mol. The Labute approximate surface area is 197 Å². The van der Waals surface area contributed by atoms with Gasteiger partial charge in [0.15, 0.2) is 0 Å². The number of hydrogen-bond donors (Lipinski definition) is 0. The van der Waals surface area contributed by atoms with E-state index in [9.17, 15) is 9.59 Å². The molecule has 0 N–H and O–H groups in total. The topological polar surface area (TPSA) is 80.3 Å². The van der Waals surface area contributed by atoms with Gasteiger partial charge in [0, 0.05) is 44.0 Å². The largest absolute Gasteiger partial charge is 0.444 e. The first-order valence-electron chi connectivity index (χ1n) is 11.4. The number of piperazine rings is 1. The monoisotopic (exact) mass is 460 g/mol. The lowest BCUT2D eigenvalue weighted by atomic mass is 10.1. The second-order valence-electron chi connectivity index (χ2n) is 9.69. The average Bonchev–Trinajstić information content (AvgIpc) is 3.16. The number of fused-ring (bicyclic) bond motifs is 2. The molecular formula is C26H28N4O4. The molecule has 0 radical (unpaired) electrons. The minimum atomic E-state index is -0.532. The molecule has 1 amide bonds. The minimum Gasteiger partial charge on any atom is -0.444 e. The number of hydrogen-bond acceptors (Lipinski definition) is 6. The highest BCUT2D eigenvalue weighted by atomic mass is 16.6. The summed E-state index contributed by atoms with van der Waals surface area (Å²) in [6.45, 7) is 9.57. The number of carbonyl (C=O) groups excluding carboxylic acids is 1. The standard InChI is InChI=1S/C26H28N4O4/c1-17-15-30-16-20(7-8-23(30)27-17)18-5-6-19-13-21(24(31)33-22(19)14-18)28-9-11-29(12-10-28)25(32)34-26(2,3)4/h5-8,13-16H,9-12H2,1-4H3. The van der Waals surface area contributed by atoms with Crippen LogP contribution in [0.15, 0.2) is 58.0 Å². The number of carbonyl (C=O) groups is 1. The van der Waals surface area contributed by atoms with Crippen molar-refractivity contribution in [1.82, 2.24) is 14.3 Å². The number of imidazole rings is 1. The molecule has 4 heterocycles. The van der Waals surface area contributed by atoms with E-state index in [-0.39, 0.29) is 11.7 Å². The first-order valence-corrected chi connectivity index (χ1v) is 11.4. The van der Waals surface area contributed by atoms with Crippen molar-refractivity contribution in [2.45, 2.75) is 33.3 Å². The van der Waals surface area contributed by atoms with E-state index in [4.69, 9.17) is 9.15 Å². The van der Waals surface area contributed by atoms with E-state index in [1.165, 1.54) is 0 Å². The molecule has 1 fully saturated rings. The fourth-order valence-corrected chi connectivity index (χ4v) is 4.25. The Balaban J connectivity index is 1.36. The Morgan fingerprint density at radius 1 is 1.00 bits per heavy atom. The van der Waals surface area contributed by atoms with Gasteiger partial charge in [0.05, 0.1) is 5.69 Å². The summed E-state index contributed by atoms with van der Waals surface area (Å²) >= 11 is 0. The fraction of sp³-hybridized carbons (Fsp3) is 0.346. The Bertz CT molecular complexity index is 1440. The highest BCUT2D eigenvalue weighted by Gasteiger charge is 2.27. The first kappa shape index (κ1) is 22.0. The van der Waals surface area contributed by atoms with E-state index in [2.05, 4.69) is 4.98 Å². The van der Waals surface area contributed by atoms with Crippen molar-refractivity contribution in [3.8, 4) is 11.1 Å². The van der Waals surface area contributed by atoms with Crippen molar-refractivity contribution in [3.63, 3.8) is 0 Å². The van der Waals surface area contributed by atoms with Crippen LogP contribution >= 0.6 is 0 Å². The van der Waals surface area contributed by atoms with Crippen molar-refractivity contribution in [3.05, 3.63) is 64.9 Å². The van der Waals surface area contributed by atoms with Gasteiger partial charge in [0.25, 0.3) is 0 Å². The molecule has 1 aliphatic heterocycles. The van der Waals surface area contributed by atoms with E-state index < -0.39 is 5.60 Å². The molecule has 0 saturated carbocycles. The van der Waals surface area contributed by atoms with Gasteiger partial charge in [0.2, 0.25) is 0 Å². The lowest BCUT2D eigenvalue weighted by Crippen LogP contribution is -2.50. The maximum atomic E-state index is 12.8. The van der Waals surface area contributed by atoms with Gasteiger partial charge in [-0.3, -0.25) is 0 Å². The van der Waals surface area contributed by atoms with E-state index in [0.717, 1.165) is 27.9 Å². The number of benzene rings is 1. The number of aromatic nitrogens is 2. The van der Waals surface area contributed by atoms with Crippen LogP contribution in [0.3, 0.4) is 0 Å². The number of aryl methyl sites for hydroxylation is 1. The average molecular weight is 461 g/mol. The molecular weight excluding hydrogens is 432 g/mol. The van der Waals surface area contributed by atoms with Gasteiger partial charge in [-0.2, -0.15) is 0 Å². The summed E-state index contributed by atoms with van der Waals surface area (Å²) in [6.07, 6.45) is 3.68. The van der Waals surface area contributed by atoms with Crippen LogP contribution in [0, 0.1) is 6.92 Å². The quantitative estimate of drug-likeness (QED) is 0.411. The summed E-state index contributed by atoms with van der Waals surface area (Å²) < 4.78 is 13.2. The van der Waals surface area contributed by atoms with Gasteiger partial charge in [-0.15, -0.1) is 0 Å². The molecule has 8 heteroatoms. The summed E-state index contributed by atoms with van der Waals surface area (Å²) in [5.74, 6) is 0. The highest BCUT2D eigenvalue weighted by molar-refractivity contribution is 5.85. The van der Waals surface area contributed by atoms with Crippen molar-refractivity contribution in [2.24, 2.45) is 0 Å². The van der Waals surface area contributed by atoms with E-state index >= 15 is 0 Å². The first-order chi connectivity index (χ1) is 16.2.